The fourth-order valence-corrected chi connectivity index (χ4v) is 7.06. The first-order chi connectivity index (χ1) is 26.8. The molecule has 1 aliphatic heterocycles. The van der Waals surface area contributed by atoms with Crippen LogP contribution in [0.25, 0.3) is 0 Å². The summed E-state index contributed by atoms with van der Waals surface area (Å²) in [7, 11) is 0. The van der Waals surface area contributed by atoms with Crippen LogP contribution in [-0.4, -0.2) is 95.1 Å². The number of carbonyl (C=O) groups is 3. The smallest absolute Gasteiger partial charge is 0.407 e. The van der Waals surface area contributed by atoms with Crippen molar-refractivity contribution >= 4 is 18.0 Å². The first-order valence-corrected chi connectivity index (χ1v) is 21.7. The molecule has 0 unspecified atom stereocenters. The summed E-state index contributed by atoms with van der Waals surface area (Å²) in [5.74, 6) is -0.667. The first kappa shape index (κ1) is 48.2. The number of hydrogen-bond donors (Lipinski definition) is 6. The molecule has 2 rings (SSSR count). The molecule has 0 radical (unpaired) electrons. The van der Waals surface area contributed by atoms with Gasteiger partial charge in [0.25, 0.3) is 0 Å². The van der Waals surface area contributed by atoms with Gasteiger partial charge in [-0.15, -0.1) is 0 Å². The van der Waals surface area contributed by atoms with Crippen molar-refractivity contribution < 1.29 is 39.2 Å². The quantitative estimate of drug-likeness (QED) is 0.0422. The monoisotopic (exact) mass is 777 g/mol. The number of unbranched alkanes of at least 4 members (excludes halogenated alkanes) is 20. The van der Waals surface area contributed by atoms with E-state index in [1.807, 2.05) is 30.3 Å². The number of alkyl carbamates (subject to hydrolysis) is 1. The van der Waals surface area contributed by atoms with Gasteiger partial charge in [0.2, 0.25) is 5.91 Å². The number of nitrogens with zero attached hydrogens (tertiary/aromatic N) is 1. The Labute approximate surface area is 331 Å². The molecule has 1 saturated heterocycles. The zero-order chi connectivity index (χ0) is 39.9. The van der Waals surface area contributed by atoms with Crippen LogP contribution in [0.2, 0.25) is 0 Å². The highest BCUT2D eigenvalue weighted by Crippen LogP contribution is 2.25. The number of urea groups is 1. The molecule has 1 aromatic rings. The molecule has 0 aromatic heterocycles. The van der Waals surface area contributed by atoms with Crippen LogP contribution in [0.3, 0.4) is 0 Å². The maximum Gasteiger partial charge on any atom is 0.407 e. The summed E-state index contributed by atoms with van der Waals surface area (Å²) in [5.41, 5.74) is 0.791. The maximum atomic E-state index is 13.8. The van der Waals surface area contributed by atoms with E-state index < -0.39 is 61.8 Å². The van der Waals surface area contributed by atoms with Gasteiger partial charge in [-0.1, -0.05) is 173 Å². The first-order valence-electron chi connectivity index (χ1n) is 21.7. The highest BCUT2D eigenvalue weighted by molar-refractivity contribution is 5.82. The molecule has 5 atom stereocenters. The lowest BCUT2D eigenvalue weighted by molar-refractivity contribution is -0.224. The Hall–Kier alpha value is -2.93. The van der Waals surface area contributed by atoms with E-state index >= 15 is 0 Å². The van der Waals surface area contributed by atoms with Gasteiger partial charge in [-0.2, -0.15) is 0 Å². The number of rotatable bonds is 31. The predicted molar refractivity (Wildman–Crippen MR) is 217 cm³/mol. The number of carbonyl (C=O) groups excluding carboxylic acids is 3. The van der Waals surface area contributed by atoms with Gasteiger partial charge in [0.05, 0.1) is 6.61 Å². The standard InChI is InChI=1S/C43H76N4O8/c1-3-5-7-9-11-13-15-16-18-20-22-27-31-47(42(52)44-30-26-21-19-17-14-12-10-8-6-4-2)41-38(40(51)39(50)36(33-48)55-41)46-37(49)32-45-43(53)54-34-35-28-24-23-25-29-35/h23-25,28-29,36,38-41,48,50-51H,3-22,26-27,30-34H2,1-2H3,(H,44,52)(H,45,53)(H,46,49)/t36-,38-,39-,40-,41-/m1/s1. The summed E-state index contributed by atoms with van der Waals surface area (Å²) in [6.45, 7) is 4.20. The number of aliphatic hydroxyl groups is 3. The summed E-state index contributed by atoms with van der Waals surface area (Å²) in [5, 5.41) is 40.1. The van der Waals surface area contributed by atoms with Crippen molar-refractivity contribution in [1.29, 1.82) is 0 Å². The molecule has 12 heteroatoms. The lowest BCUT2D eigenvalue weighted by atomic mass is 9.95. The van der Waals surface area contributed by atoms with Gasteiger partial charge >= 0.3 is 12.1 Å². The van der Waals surface area contributed by atoms with Crippen molar-refractivity contribution in [2.75, 3.05) is 26.2 Å². The van der Waals surface area contributed by atoms with E-state index in [-0.39, 0.29) is 6.61 Å². The van der Waals surface area contributed by atoms with E-state index in [4.69, 9.17) is 9.47 Å². The average Bonchev–Trinajstić information content (AvgIpc) is 3.19. The highest BCUT2D eigenvalue weighted by Gasteiger charge is 2.48. The number of amides is 4. The molecule has 0 aliphatic carbocycles. The van der Waals surface area contributed by atoms with Gasteiger partial charge in [0.1, 0.15) is 37.5 Å². The summed E-state index contributed by atoms with van der Waals surface area (Å²) in [6.07, 6.45) is 19.5. The normalized spacial score (nSPS) is 19.5. The zero-order valence-electron chi connectivity index (χ0n) is 34.2. The maximum absolute atomic E-state index is 13.8. The number of ether oxygens (including phenoxy) is 2. The number of hydrogen-bond acceptors (Lipinski definition) is 8. The van der Waals surface area contributed by atoms with Gasteiger partial charge in [0, 0.05) is 13.1 Å². The Morgan fingerprint density at radius 2 is 1.20 bits per heavy atom. The van der Waals surface area contributed by atoms with Crippen molar-refractivity contribution in [1.82, 2.24) is 20.9 Å². The minimum Gasteiger partial charge on any atom is -0.445 e. The van der Waals surface area contributed by atoms with Crippen LogP contribution in [0.5, 0.6) is 0 Å². The van der Waals surface area contributed by atoms with Gasteiger partial charge in [-0.05, 0) is 18.4 Å². The molecule has 1 fully saturated rings. The van der Waals surface area contributed by atoms with E-state index in [9.17, 15) is 29.7 Å². The van der Waals surface area contributed by atoms with E-state index in [0.717, 1.165) is 44.1 Å². The van der Waals surface area contributed by atoms with Gasteiger partial charge in [-0.25, -0.2) is 9.59 Å². The van der Waals surface area contributed by atoms with Crippen molar-refractivity contribution in [3.63, 3.8) is 0 Å². The molecule has 6 N–H and O–H groups in total. The topological polar surface area (TPSA) is 170 Å². The van der Waals surface area contributed by atoms with Crippen LogP contribution in [0.1, 0.15) is 161 Å². The van der Waals surface area contributed by atoms with Crippen molar-refractivity contribution in [2.24, 2.45) is 0 Å². The summed E-state index contributed by atoms with van der Waals surface area (Å²) in [4.78, 5) is 40.7. The molecule has 1 heterocycles. The summed E-state index contributed by atoms with van der Waals surface area (Å²) < 4.78 is 11.3. The van der Waals surface area contributed by atoms with E-state index in [1.54, 1.807) is 0 Å². The SMILES string of the molecule is CCCCCCCCCCCCCCN(C(=O)NCCCCCCCCCCCC)[C@@H]1O[C@H](CO)[C@@H](O)[C@H](O)[C@H]1NC(=O)CNC(=O)OCc1ccccc1. The van der Waals surface area contributed by atoms with Crippen LogP contribution < -0.4 is 16.0 Å². The van der Waals surface area contributed by atoms with Gasteiger partial charge < -0.3 is 40.7 Å². The molecule has 316 valence electrons. The molecular weight excluding hydrogens is 700 g/mol. The van der Waals surface area contributed by atoms with Crippen LogP contribution in [0.4, 0.5) is 9.59 Å². The third-order valence-electron chi connectivity index (χ3n) is 10.5. The number of aliphatic hydroxyl groups excluding tert-OH is 3. The second-order valence-electron chi connectivity index (χ2n) is 15.2. The van der Waals surface area contributed by atoms with Crippen LogP contribution in [0.15, 0.2) is 30.3 Å². The molecule has 4 amide bonds. The van der Waals surface area contributed by atoms with Crippen LogP contribution >= 0.6 is 0 Å². The Bertz CT molecular complexity index is 1130. The molecule has 0 spiro atoms. The summed E-state index contributed by atoms with van der Waals surface area (Å²) in [6, 6.07) is 7.50. The number of benzene rings is 1. The fraction of sp³-hybridized carbons (Fsp3) is 0.791. The average molecular weight is 777 g/mol. The lowest BCUT2D eigenvalue weighted by Gasteiger charge is -2.46. The van der Waals surface area contributed by atoms with Crippen molar-refractivity contribution in [3.8, 4) is 0 Å². The predicted octanol–water partition coefficient (Wildman–Crippen LogP) is 7.47. The van der Waals surface area contributed by atoms with Crippen LogP contribution in [-0.2, 0) is 20.9 Å². The number of nitrogens with one attached hydrogen (secondary N) is 3. The molecular formula is C43H76N4O8. The van der Waals surface area contributed by atoms with E-state index in [1.165, 1.54) is 101 Å². The summed E-state index contributed by atoms with van der Waals surface area (Å²) >= 11 is 0. The molecule has 0 saturated carbocycles. The third-order valence-corrected chi connectivity index (χ3v) is 10.5. The Morgan fingerprint density at radius 1 is 0.691 bits per heavy atom. The molecule has 55 heavy (non-hydrogen) atoms. The second kappa shape index (κ2) is 31.2. The molecule has 1 aliphatic rings. The second-order valence-corrected chi connectivity index (χ2v) is 15.2. The molecule has 1 aromatic carbocycles. The highest BCUT2D eigenvalue weighted by atomic mass is 16.6. The van der Waals surface area contributed by atoms with Gasteiger partial charge in [-0.3, -0.25) is 9.69 Å². The molecule has 0 bridgehead atoms. The van der Waals surface area contributed by atoms with Crippen molar-refractivity contribution in [2.45, 2.75) is 192 Å². The zero-order valence-corrected chi connectivity index (χ0v) is 34.2. The van der Waals surface area contributed by atoms with Gasteiger partial charge in [0.15, 0.2) is 6.23 Å². The van der Waals surface area contributed by atoms with E-state index in [2.05, 4.69) is 29.8 Å². The Balaban J connectivity index is 1.98. The molecule has 12 nitrogen and oxygen atoms in total. The Kier molecular flexibility index (Phi) is 27.3. The van der Waals surface area contributed by atoms with E-state index in [0.29, 0.717) is 19.5 Å². The third kappa shape index (κ3) is 21.3. The Morgan fingerprint density at radius 3 is 1.73 bits per heavy atom. The fourth-order valence-electron chi connectivity index (χ4n) is 7.06. The van der Waals surface area contributed by atoms with Crippen molar-refractivity contribution in [3.05, 3.63) is 35.9 Å². The lowest BCUT2D eigenvalue weighted by Crippen LogP contribution is -2.70. The minimum absolute atomic E-state index is 0.0304. The minimum atomic E-state index is -1.55. The van der Waals surface area contributed by atoms with Crippen LogP contribution in [0, 0.1) is 0 Å². The largest absolute Gasteiger partial charge is 0.445 e.